The van der Waals surface area contributed by atoms with Crippen molar-refractivity contribution in [1.82, 2.24) is 10.6 Å². The molecule has 92 valence electrons. The van der Waals surface area contributed by atoms with E-state index in [2.05, 4.69) is 10.6 Å². The van der Waals surface area contributed by atoms with Crippen molar-refractivity contribution >= 4 is 11.8 Å². The Morgan fingerprint density at radius 2 is 2.24 bits per heavy atom. The minimum Gasteiger partial charge on any atom is -0.472 e. The molecular weight excluding hydrogens is 224 g/mol. The summed E-state index contributed by atoms with van der Waals surface area (Å²) in [6.07, 6.45) is 3.81. The number of amides is 2. The number of hydrogen-bond donors (Lipinski definition) is 3. The van der Waals surface area contributed by atoms with Crippen LogP contribution in [0.5, 0.6) is 0 Å². The van der Waals surface area contributed by atoms with Crippen LogP contribution in [0, 0.1) is 0 Å². The molecule has 2 amide bonds. The molecule has 0 aromatic carbocycles. The Kier molecular flexibility index (Phi) is 3.43. The monoisotopic (exact) mass is 238 g/mol. The summed E-state index contributed by atoms with van der Waals surface area (Å²) in [5, 5.41) is 14.5. The molecule has 1 aromatic heterocycles. The lowest BCUT2D eigenvalue weighted by atomic mass is 10.2. The normalized spacial score (nSPS) is 16.3. The molecule has 0 unspecified atom stereocenters. The maximum absolute atomic E-state index is 11.3. The highest BCUT2D eigenvalue weighted by Gasteiger charge is 2.26. The zero-order valence-corrected chi connectivity index (χ0v) is 9.18. The van der Waals surface area contributed by atoms with Crippen LogP contribution in [0.1, 0.15) is 24.5 Å². The molecule has 0 saturated heterocycles. The Labute approximate surface area is 98.0 Å². The van der Waals surface area contributed by atoms with Crippen LogP contribution >= 0.6 is 0 Å². The average Bonchev–Trinajstić information content (AvgIpc) is 2.96. The predicted molar refractivity (Wildman–Crippen MR) is 57.8 cm³/mol. The lowest BCUT2D eigenvalue weighted by Crippen LogP contribution is -2.42. The number of hydrogen-bond acceptors (Lipinski definition) is 4. The fraction of sp³-hybridized carbons (Fsp3) is 0.455. The van der Waals surface area contributed by atoms with Crippen molar-refractivity contribution in [2.45, 2.75) is 25.0 Å². The number of carbonyl (C=O) groups excluding carboxylic acids is 2. The summed E-state index contributed by atoms with van der Waals surface area (Å²) in [6.45, 7) is -0.0174. The molecule has 1 aliphatic rings. The van der Waals surface area contributed by atoms with Crippen LogP contribution in [-0.2, 0) is 9.59 Å². The molecule has 6 nitrogen and oxygen atoms in total. The fourth-order valence-electron chi connectivity index (χ4n) is 1.33. The topological polar surface area (TPSA) is 91.6 Å². The Morgan fingerprint density at radius 1 is 1.47 bits per heavy atom. The summed E-state index contributed by atoms with van der Waals surface area (Å²) in [4.78, 5) is 22.6. The van der Waals surface area contributed by atoms with Gasteiger partial charge >= 0.3 is 11.8 Å². The zero-order valence-electron chi connectivity index (χ0n) is 9.18. The molecule has 1 fully saturated rings. The summed E-state index contributed by atoms with van der Waals surface area (Å²) in [5.41, 5.74) is 0.563. The lowest BCUT2D eigenvalue weighted by Gasteiger charge is -2.09. The Bertz CT molecular complexity index is 398. The molecule has 3 N–H and O–H groups in total. The fourth-order valence-corrected chi connectivity index (χ4v) is 1.33. The quantitative estimate of drug-likeness (QED) is 0.628. The van der Waals surface area contributed by atoms with Crippen LogP contribution in [0.25, 0.3) is 0 Å². The van der Waals surface area contributed by atoms with Crippen molar-refractivity contribution in [1.29, 1.82) is 0 Å². The molecule has 17 heavy (non-hydrogen) atoms. The summed E-state index contributed by atoms with van der Waals surface area (Å²) in [5.74, 6) is -1.37. The first-order valence-corrected chi connectivity index (χ1v) is 5.45. The molecule has 0 radical (unpaired) electrons. The van der Waals surface area contributed by atoms with Crippen LogP contribution < -0.4 is 10.6 Å². The van der Waals surface area contributed by atoms with Gasteiger partial charge in [0.25, 0.3) is 0 Å². The first-order valence-electron chi connectivity index (χ1n) is 5.45. The van der Waals surface area contributed by atoms with Crippen LogP contribution in [0.4, 0.5) is 0 Å². The summed E-state index contributed by atoms with van der Waals surface area (Å²) in [6, 6.07) is 1.74. The van der Waals surface area contributed by atoms with Gasteiger partial charge < -0.3 is 20.2 Å². The third-order valence-electron chi connectivity index (χ3n) is 2.50. The van der Waals surface area contributed by atoms with E-state index in [1.807, 2.05) is 0 Å². The van der Waals surface area contributed by atoms with Gasteiger partial charge in [-0.05, 0) is 18.9 Å². The number of carbonyl (C=O) groups is 2. The molecular formula is C11H14N2O4. The van der Waals surface area contributed by atoms with Gasteiger partial charge in [-0.25, -0.2) is 0 Å². The van der Waals surface area contributed by atoms with Gasteiger partial charge in [0, 0.05) is 18.2 Å². The van der Waals surface area contributed by atoms with Crippen LogP contribution in [0.15, 0.2) is 23.0 Å². The van der Waals surface area contributed by atoms with Gasteiger partial charge in [0.15, 0.2) is 0 Å². The van der Waals surface area contributed by atoms with E-state index in [4.69, 9.17) is 4.42 Å². The SMILES string of the molecule is O=C(NC[C@@H](O)c1ccoc1)C(=O)NC1CC1. The first kappa shape index (κ1) is 11.7. The molecule has 6 heteroatoms. The van der Waals surface area contributed by atoms with Crippen LogP contribution in [-0.4, -0.2) is 29.5 Å². The Hall–Kier alpha value is -1.82. The Balaban J connectivity index is 1.73. The highest BCUT2D eigenvalue weighted by atomic mass is 16.3. The van der Waals surface area contributed by atoms with Gasteiger partial charge in [0.1, 0.15) is 0 Å². The van der Waals surface area contributed by atoms with Crippen LogP contribution in [0.3, 0.4) is 0 Å². The molecule has 0 aliphatic heterocycles. The van der Waals surface area contributed by atoms with E-state index in [9.17, 15) is 14.7 Å². The van der Waals surface area contributed by atoms with E-state index >= 15 is 0 Å². The molecule has 1 atom stereocenters. The molecule has 1 aliphatic carbocycles. The minimum absolute atomic E-state index is 0.0174. The number of furan rings is 1. The third kappa shape index (κ3) is 3.32. The second-order valence-electron chi connectivity index (χ2n) is 4.03. The molecule has 2 rings (SSSR count). The number of aliphatic hydroxyl groups excluding tert-OH is 1. The van der Waals surface area contributed by atoms with Gasteiger partial charge in [-0.15, -0.1) is 0 Å². The van der Waals surface area contributed by atoms with Crippen molar-refractivity contribution in [2.24, 2.45) is 0 Å². The summed E-state index contributed by atoms with van der Waals surface area (Å²) < 4.78 is 4.80. The number of nitrogens with one attached hydrogen (secondary N) is 2. The van der Waals surface area contributed by atoms with E-state index in [0.717, 1.165) is 12.8 Å². The maximum Gasteiger partial charge on any atom is 0.309 e. The van der Waals surface area contributed by atoms with E-state index < -0.39 is 17.9 Å². The third-order valence-corrected chi connectivity index (χ3v) is 2.50. The minimum atomic E-state index is -0.869. The molecule has 0 bridgehead atoms. The first-order chi connectivity index (χ1) is 8.16. The van der Waals surface area contributed by atoms with Gasteiger partial charge in [0.2, 0.25) is 0 Å². The number of rotatable bonds is 4. The van der Waals surface area contributed by atoms with Crippen molar-refractivity contribution in [3.05, 3.63) is 24.2 Å². The second kappa shape index (κ2) is 5.01. The lowest BCUT2D eigenvalue weighted by molar-refractivity contribution is -0.139. The molecule has 1 aromatic rings. The van der Waals surface area contributed by atoms with Crippen molar-refractivity contribution in [3.8, 4) is 0 Å². The van der Waals surface area contributed by atoms with Gasteiger partial charge in [0.05, 0.1) is 18.6 Å². The van der Waals surface area contributed by atoms with Crippen molar-refractivity contribution < 1.29 is 19.1 Å². The average molecular weight is 238 g/mol. The van der Waals surface area contributed by atoms with Crippen LogP contribution in [0.2, 0.25) is 0 Å². The van der Waals surface area contributed by atoms with Crippen molar-refractivity contribution in [3.63, 3.8) is 0 Å². The van der Waals surface area contributed by atoms with Gasteiger partial charge in [-0.1, -0.05) is 0 Å². The van der Waals surface area contributed by atoms with Crippen molar-refractivity contribution in [2.75, 3.05) is 6.54 Å². The number of aliphatic hydroxyl groups is 1. The van der Waals surface area contributed by atoms with E-state index in [1.54, 1.807) is 6.07 Å². The largest absolute Gasteiger partial charge is 0.472 e. The maximum atomic E-state index is 11.3. The van der Waals surface area contributed by atoms with E-state index in [0.29, 0.717) is 5.56 Å². The smallest absolute Gasteiger partial charge is 0.309 e. The molecule has 1 saturated carbocycles. The van der Waals surface area contributed by atoms with E-state index in [1.165, 1.54) is 12.5 Å². The zero-order chi connectivity index (χ0) is 12.3. The predicted octanol–water partition coefficient (Wildman–Crippen LogP) is -0.292. The van der Waals surface area contributed by atoms with E-state index in [-0.39, 0.29) is 12.6 Å². The highest BCUT2D eigenvalue weighted by molar-refractivity contribution is 6.35. The summed E-state index contributed by atoms with van der Waals surface area (Å²) >= 11 is 0. The highest BCUT2D eigenvalue weighted by Crippen LogP contribution is 2.18. The molecule has 0 spiro atoms. The Morgan fingerprint density at radius 3 is 2.82 bits per heavy atom. The molecule has 1 heterocycles. The second-order valence-corrected chi connectivity index (χ2v) is 4.03. The van der Waals surface area contributed by atoms with Gasteiger partial charge in [-0.3, -0.25) is 9.59 Å². The standard InChI is InChI=1S/C11H14N2O4/c14-9(7-3-4-17-6-7)5-12-10(15)11(16)13-8-1-2-8/h3-4,6,8-9,14H,1-2,5H2,(H,12,15)(H,13,16)/t9-/m1/s1. The summed E-state index contributed by atoms with van der Waals surface area (Å²) in [7, 11) is 0. The van der Waals surface area contributed by atoms with Gasteiger partial charge in [-0.2, -0.15) is 0 Å².